The molecule has 3 N–H and O–H groups in total. The molecular formula is C31H34N2O6. The predicted octanol–water partition coefficient (Wildman–Crippen LogP) is 4.72. The Labute approximate surface area is 228 Å². The fraction of sp³-hybridized carbons (Fsp3) is 0.323. The number of amides is 2. The maximum atomic E-state index is 13.1. The van der Waals surface area contributed by atoms with Crippen molar-refractivity contribution in [3.8, 4) is 11.1 Å². The van der Waals surface area contributed by atoms with Gasteiger partial charge in [-0.15, -0.1) is 0 Å². The van der Waals surface area contributed by atoms with Gasteiger partial charge in [0.05, 0.1) is 12.7 Å². The largest absolute Gasteiger partial charge is 0.480 e. The highest BCUT2D eigenvalue weighted by Gasteiger charge is 2.33. The number of carbonyl (C=O) groups excluding carboxylic acids is 2. The summed E-state index contributed by atoms with van der Waals surface area (Å²) in [7, 11) is 0. The maximum Gasteiger partial charge on any atom is 0.407 e. The number of nitrogens with one attached hydrogen (secondary N) is 2. The molecule has 4 rings (SSSR count). The van der Waals surface area contributed by atoms with Crippen molar-refractivity contribution >= 4 is 18.0 Å². The van der Waals surface area contributed by atoms with Crippen LogP contribution in [0, 0.1) is 5.92 Å². The van der Waals surface area contributed by atoms with Crippen LogP contribution in [0.1, 0.15) is 43.4 Å². The second-order valence-corrected chi connectivity index (χ2v) is 10.0. The number of hydrogen-bond donors (Lipinski definition) is 3. The van der Waals surface area contributed by atoms with Gasteiger partial charge in [0, 0.05) is 5.92 Å². The second kappa shape index (κ2) is 12.6. The first-order chi connectivity index (χ1) is 18.8. The van der Waals surface area contributed by atoms with E-state index in [0.29, 0.717) is 0 Å². The van der Waals surface area contributed by atoms with Crippen LogP contribution in [0.15, 0.2) is 78.9 Å². The van der Waals surface area contributed by atoms with Crippen molar-refractivity contribution in [1.29, 1.82) is 0 Å². The van der Waals surface area contributed by atoms with Gasteiger partial charge in [0.25, 0.3) is 0 Å². The molecule has 0 fully saturated rings. The van der Waals surface area contributed by atoms with E-state index in [1.165, 1.54) is 0 Å². The standard InChI is InChI=1S/C31H34N2O6/c1-19(2)27(29(34)32-28(30(35)36)20(3)38-17-21-11-5-4-6-12-21)33-31(37)39-18-26-24-15-9-7-13-22(24)23-14-8-10-16-25(23)26/h4-16,19-20,26-28H,17-18H2,1-3H3,(H,32,34)(H,33,37)(H,35,36)/t20-,27-,28+/m0/s1. The molecule has 0 unspecified atom stereocenters. The van der Waals surface area contributed by atoms with E-state index in [-0.39, 0.29) is 25.0 Å². The van der Waals surface area contributed by atoms with Gasteiger partial charge in [-0.2, -0.15) is 0 Å². The summed E-state index contributed by atoms with van der Waals surface area (Å²) in [5, 5.41) is 14.9. The minimum atomic E-state index is -1.30. The van der Waals surface area contributed by atoms with Crippen molar-refractivity contribution in [3.05, 3.63) is 95.6 Å². The molecule has 8 heteroatoms. The fourth-order valence-corrected chi connectivity index (χ4v) is 4.82. The highest BCUT2D eigenvalue weighted by atomic mass is 16.5. The van der Waals surface area contributed by atoms with E-state index in [2.05, 4.69) is 22.8 Å². The molecule has 0 aliphatic heterocycles. The number of benzene rings is 3. The summed E-state index contributed by atoms with van der Waals surface area (Å²) < 4.78 is 11.3. The first-order valence-corrected chi connectivity index (χ1v) is 13.1. The van der Waals surface area contributed by atoms with Crippen molar-refractivity contribution in [1.82, 2.24) is 10.6 Å². The Morgan fingerprint density at radius 2 is 1.36 bits per heavy atom. The third-order valence-electron chi connectivity index (χ3n) is 6.96. The van der Waals surface area contributed by atoms with Crippen molar-refractivity contribution < 1.29 is 29.0 Å². The topological polar surface area (TPSA) is 114 Å². The smallest absolute Gasteiger partial charge is 0.407 e. The van der Waals surface area contributed by atoms with Crippen LogP contribution in [0.3, 0.4) is 0 Å². The predicted molar refractivity (Wildman–Crippen MR) is 147 cm³/mol. The Balaban J connectivity index is 1.36. The fourth-order valence-electron chi connectivity index (χ4n) is 4.82. The Hall–Kier alpha value is -4.17. The van der Waals surface area contributed by atoms with Crippen molar-refractivity contribution in [2.75, 3.05) is 6.61 Å². The molecule has 0 saturated carbocycles. The number of aliphatic carboxylic acids is 1. The SMILES string of the molecule is CC(C)[C@H](NC(=O)OCC1c2ccccc2-c2ccccc21)C(=O)N[C@@H](C(=O)O)[C@H](C)OCc1ccccc1. The zero-order valence-corrected chi connectivity index (χ0v) is 22.3. The third kappa shape index (κ3) is 6.64. The van der Waals surface area contributed by atoms with Crippen LogP contribution in [0.2, 0.25) is 0 Å². The Morgan fingerprint density at radius 3 is 1.92 bits per heavy atom. The van der Waals surface area contributed by atoms with Gasteiger partial charge in [-0.3, -0.25) is 4.79 Å². The zero-order valence-electron chi connectivity index (χ0n) is 22.3. The summed E-state index contributed by atoms with van der Waals surface area (Å²) in [5.74, 6) is -2.29. The van der Waals surface area contributed by atoms with Crippen molar-refractivity contribution in [3.63, 3.8) is 0 Å². The molecule has 0 heterocycles. The number of carboxylic acids is 1. The van der Waals surface area contributed by atoms with Gasteiger partial charge >= 0.3 is 12.1 Å². The van der Waals surface area contributed by atoms with E-state index in [1.807, 2.05) is 66.7 Å². The molecule has 1 aliphatic rings. The normalized spacial score (nSPS) is 14.6. The van der Waals surface area contributed by atoms with E-state index < -0.39 is 36.2 Å². The van der Waals surface area contributed by atoms with E-state index in [0.717, 1.165) is 27.8 Å². The molecule has 0 spiro atoms. The van der Waals surface area contributed by atoms with Gasteiger partial charge in [-0.05, 0) is 40.7 Å². The first-order valence-electron chi connectivity index (χ1n) is 13.1. The molecule has 3 aromatic carbocycles. The van der Waals surface area contributed by atoms with Crippen LogP contribution >= 0.6 is 0 Å². The van der Waals surface area contributed by atoms with Gasteiger partial charge in [0.1, 0.15) is 12.6 Å². The number of hydrogen-bond acceptors (Lipinski definition) is 5. The van der Waals surface area contributed by atoms with Gasteiger partial charge in [-0.1, -0.05) is 92.7 Å². The first kappa shape index (κ1) is 27.9. The van der Waals surface area contributed by atoms with E-state index >= 15 is 0 Å². The lowest BCUT2D eigenvalue weighted by molar-refractivity contribution is -0.147. The summed E-state index contributed by atoms with van der Waals surface area (Å²) in [6.45, 7) is 5.42. The van der Waals surface area contributed by atoms with E-state index in [1.54, 1.807) is 20.8 Å². The van der Waals surface area contributed by atoms with Crippen LogP contribution in [0.25, 0.3) is 11.1 Å². The third-order valence-corrected chi connectivity index (χ3v) is 6.96. The lowest BCUT2D eigenvalue weighted by atomic mass is 9.98. The van der Waals surface area contributed by atoms with Crippen molar-refractivity contribution in [2.24, 2.45) is 5.92 Å². The van der Waals surface area contributed by atoms with Gasteiger partial charge < -0.3 is 25.2 Å². The Morgan fingerprint density at radius 1 is 0.795 bits per heavy atom. The molecule has 39 heavy (non-hydrogen) atoms. The Bertz CT molecular complexity index is 1260. The van der Waals surface area contributed by atoms with E-state index in [4.69, 9.17) is 9.47 Å². The Kier molecular flexibility index (Phi) is 8.99. The number of ether oxygens (including phenoxy) is 2. The molecule has 0 radical (unpaired) electrons. The summed E-state index contributed by atoms with van der Waals surface area (Å²) in [4.78, 5) is 37.8. The molecule has 3 aromatic rings. The van der Waals surface area contributed by atoms with Crippen LogP contribution in [-0.2, 0) is 25.7 Å². The molecule has 1 aliphatic carbocycles. The number of rotatable bonds is 11. The molecule has 204 valence electrons. The van der Waals surface area contributed by atoms with Gasteiger partial charge in [-0.25, -0.2) is 9.59 Å². The number of carboxylic acid groups (broad SMARTS) is 1. The summed E-state index contributed by atoms with van der Waals surface area (Å²) in [6.07, 6.45) is -1.56. The number of alkyl carbamates (subject to hydrolysis) is 1. The molecule has 0 bridgehead atoms. The molecular weight excluding hydrogens is 496 g/mol. The highest BCUT2D eigenvalue weighted by molar-refractivity contribution is 5.89. The lowest BCUT2D eigenvalue weighted by Gasteiger charge is -2.26. The van der Waals surface area contributed by atoms with Crippen molar-refractivity contribution in [2.45, 2.75) is 51.5 Å². The highest BCUT2D eigenvalue weighted by Crippen LogP contribution is 2.44. The number of carbonyl (C=O) groups is 3. The van der Waals surface area contributed by atoms with E-state index in [9.17, 15) is 19.5 Å². The molecule has 8 nitrogen and oxygen atoms in total. The number of fused-ring (bicyclic) bond motifs is 3. The maximum absolute atomic E-state index is 13.1. The molecule has 2 amide bonds. The minimum Gasteiger partial charge on any atom is -0.480 e. The van der Waals surface area contributed by atoms with Crippen LogP contribution < -0.4 is 10.6 Å². The van der Waals surface area contributed by atoms with Crippen LogP contribution in [0.5, 0.6) is 0 Å². The quantitative estimate of drug-likeness (QED) is 0.331. The van der Waals surface area contributed by atoms with Crippen LogP contribution in [-0.4, -0.2) is 47.9 Å². The molecule has 0 aromatic heterocycles. The summed E-state index contributed by atoms with van der Waals surface area (Å²) in [5.41, 5.74) is 5.28. The average Bonchev–Trinajstić information content (AvgIpc) is 3.26. The summed E-state index contributed by atoms with van der Waals surface area (Å²) in [6, 6.07) is 23.1. The van der Waals surface area contributed by atoms with Gasteiger partial charge in [0.15, 0.2) is 6.04 Å². The molecule has 0 saturated heterocycles. The average molecular weight is 531 g/mol. The summed E-state index contributed by atoms with van der Waals surface area (Å²) >= 11 is 0. The second-order valence-electron chi connectivity index (χ2n) is 10.0. The van der Waals surface area contributed by atoms with Gasteiger partial charge in [0.2, 0.25) is 5.91 Å². The zero-order chi connectivity index (χ0) is 27.9. The van der Waals surface area contributed by atoms with Crippen LogP contribution in [0.4, 0.5) is 4.79 Å². The molecule has 3 atom stereocenters. The minimum absolute atomic E-state index is 0.106. The monoisotopic (exact) mass is 530 g/mol. The lowest BCUT2D eigenvalue weighted by Crippen LogP contribution is -2.56.